The number of rotatable bonds is 1. The Morgan fingerprint density at radius 1 is 1.44 bits per heavy atom. The molecule has 8 heteroatoms. The van der Waals surface area contributed by atoms with Crippen molar-refractivity contribution in [1.29, 1.82) is 0 Å². The first kappa shape index (κ1) is 15.2. The molecule has 0 aliphatic carbocycles. The SMILES string of the molecule is CC(C)(C)OC(=O)N1CCS(=O)(=O)C(C(N)=S)C1. The zero-order valence-corrected chi connectivity index (χ0v) is 12.3. The molecule has 0 aromatic rings. The number of amides is 1. The Morgan fingerprint density at radius 2 is 2.00 bits per heavy atom. The summed E-state index contributed by atoms with van der Waals surface area (Å²) in [5, 5.41) is -0.978. The van der Waals surface area contributed by atoms with Gasteiger partial charge in [0.05, 0.1) is 10.7 Å². The van der Waals surface area contributed by atoms with Gasteiger partial charge >= 0.3 is 6.09 Å². The third-order valence-corrected chi connectivity index (χ3v) is 4.89. The van der Waals surface area contributed by atoms with Crippen molar-refractivity contribution < 1.29 is 17.9 Å². The van der Waals surface area contributed by atoms with Gasteiger partial charge < -0.3 is 15.4 Å². The first-order valence-electron chi connectivity index (χ1n) is 5.52. The summed E-state index contributed by atoms with van der Waals surface area (Å²) in [7, 11) is -3.35. The number of nitrogens with two attached hydrogens (primary N) is 1. The fourth-order valence-electron chi connectivity index (χ4n) is 1.54. The molecule has 0 aromatic heterocycles. The summed E-state index contributed by atoms with van der Waals surface area (Å²) in [4.78, 5) is 13.0. The van der Waals surface area contributed by atoms with Crippen molar-refractivity contribution in [3.63, 3.8) is 0 Å². The highest BCUT2D eigenvalue weighted by Gasteiger charge is 2.38. The molecule has 1 atom stereocenters. The Labute approximate surface area is 112 Å². The van der Waals surface area contributed by atoms with E-state index < -0.39 is 26.8 Å². The van der Waals surface area contributed by atoms with E-state index in [0.717, 1.165) is 0 Å². The van der Waals surface area contributed by atoms with Gasteiger partial charge in [0.1, 0.15) is 10.9 Å². The minimum Gasteiger partial charge on any atom is -0.444 e. The van der Waals surface area contributed by atoms with Gasteiger partial charge in [0.15, 0.2) is 9.84 Å². The zero-order chi connectivity index (χ0) is 14.1. The third-order valence-electron chi connectivity index (χ3n) is 2.43. The molecule has 6 nitrogen and oxygen atoms in total. The van der Waals surface area contributed by atoms with Crippen molar-refractivity contribution >= 4 is 33.1 Å². The molecule has 1 heterocycles. The predicted molar refractivity (Wildman–Crippen MR) is 72.2 cm³/mol. The number of ether oxygens (including phenoxy) is 1. The summed E-state index contributed by atoms with van der Waals surface area (Å²) in [6.07, 6.45) is -0.543. The maximum atomic E-state index is 11.8. The summed E-state index contributed by atoms with van der Waals surface area (Å²) < 4.78 is 28.6. The molecular weight excluding hydrogens is 276 g/mol. The highest BCUT2D eigenvalue weighted by Crippen LogP contribution is 2.16. The van der Waals surface area contributed by atoms with Crippen LogP contribution >= 0.6 is 12.2 Å². The molecule has 0 bridgehead atoms. The van der Waals surface area contributed by atoms with Gasteiger partial charge in [-0.1, -0.05) is 12.2 Å². The molecule has 1 aliphatic heterocycles. The number of sulfone groups is 1. The molecule has 1 amide bonds. The first-order valence-corrected chi connectivity index (χ1v) is 7.64. The van der Waals surface area contributed by atoms with Crippen LogP contribution in [0.2, 0.25) is 0 Å². The van der Waals surface area contributed by atoms with Gasteiger partial charge in [0.2, 0.25) is 0 Å². The number of carbonyl (C=O) groups excluding carboxylic acids is 1. The fourth-order valence-corrected chi connectivity index (χ4v) is 3.58. The average Bonchev–Trinajstić information content (AvgIpc) is 2.13. The summed E-state index contributed by atoms with van der Waals surface area (Å²) >= 11 is 4.73. The van der Waals surface area contributed by atoms with Crippen LogP contribution in [0.3, 0.4) is 0 Å². The third kappa shape index (κ3) is 3.81. The van der Waals surface area contributed by atoms with E-state index in [-0.39, 0.29) is 23.8 Å². The minimum atomic E-state index is -3.35. The second-order valence-electron chi connectivity index (χ2n) is 5.18. The van der Waals surface area contributed by atoms with Gasteiger partial charge in [-0.25, -0.2) is 13.2 Å². The van der Waals surface area contributed by atoms with Crippen LogP contribution in [0.25, 0.3) is 0 Å². The highest BCUT2D eigenvalue weighted by atomic mass is 32.2. The Morgan fingerprint density at radius 3 is 2.44 bits per heavy atom. The van der Waals surface area contributed by atoms with Gasteiger partial charge in [0, 0.05) is 13.1 Å². The zero-order valence-electron chi connectivity index (χ0n) is 10.7. The van der Waals surface area contributed by atoms with Crippen LogP contribution < -0.4 is 5.73 Å². The van der Waals surface area contributed by atoms with Crippen molar-refractivity contribution in [2.75, 3.05) is 18.8 Å². The van der Waals surface area contributed by atoms with E-state index in [1.54, 1.807) is 20.8 Å². The summed E-state index contributed by atoms with van der Waals surface area (Å²) in [5.41, 5.74) is 4.79. The number of hydrogen-bond acceptors (Lipinski definition) is 5. The number of nitrogens with zero attached hydrogens (tertiary/aromatic N) is 1. The van der Waals surface area contributed by atoms with Crippen molar-refractivity contribution in [3.05, 3.63) is 0 Å². The summed E-state index contributed by atoms with van der Waals surface area (Å²) in [6, 6.07) is 0. The van der Waals surface area contributed by atoms with Gasteiger partial charge in [-0.05, 0) is 20.8 Å². The lowest BCUT2D eigenvalue weighted by atomic mass is 10.2. The van der Waals surface area contributed by atoms with Crippen molar-refractivity contribution in [3.8, 4) is 0 Å². The molecule has 2 N–H and O–H groups in total. The van der Waals surface area contributed by atoms with Crippen LogP contribution in [0.4, 0.5) is 4.79 Å². The molecule has 0 saturated carbocycles. The molecule has 1 saturated heterocycles. The topological polar surface area (TPSA) is 89.7 Å². The Kier molecular flexibility index (Phi) is 4.22. The second-order valence-corrected chi connectivity index (χ2v) is 7.96. The summed E-state index contributed by atoms with van der Waals surface area (Å²) in [6.45, 7) is 5.31. The van der Waals surface area contributed by atoms with Crippen molar-refractivity contribution in [2.24, 2.45) is 5.73 Å². The van der Waals surface area contributed by atoms with E-state index in [9.17, 15) is 13.2 Å². The van der Waals surface area contributed by atoms with E-state index in [1.165, 1.54) is 4.90 Å². The first-order chi connectivity index (χ1) is 8.03. The Balaban J connectivity index is 2.79. The van der Waals surface area contributed by atoms with E-state index in [0.29, 0.717) is 0 Å². The maximum absolute atomic E-state index is 11.8. The standard InChI is InChI=1S/C10H18N2O4S2/c1-10(2,3)16-9(13)12-4-5-18(14,15)7(6-12)8(11)17/h7H,4-6H2,1-3H3,(H2,11,17). The molecule has 18 heavy (non-hydrogen) atoms. The smallest absolute Gasteiger partial charge is 0.410 e. The minimum absolute atomic E-state index is 0.0351. The summed E-state index contributed by atoms with van der Waals surface area (Å²) in [5.74, 6) is -0.145. The molecule has 1 unspecified atom stereocenters. The average molecular weight is 294 g/mol. The lowest BCUT2D eigenvalue weighted by Crippen LogP contribution is -2.54. The molecule has 1 rings (SSSR count). The Bertz CT molecular complexity index is 453. The molecule has 1 aliphatic rings. The number of thiocarbonyl (C=S) groups is 1. The van der Waals surface area contributed by atoms with Crippen LogP contribution in [0.15, 0.2) is 0 Å². The molecular formula is C10H18N2O4S2. The van der Waals surface area contributed by atoms with E-state index >= 15 is 0 Å². The van der Waals surface area contributed by atoms with Crippen LogP contribution in [0.1, 0.15) is 20.8 Å². The quantitative estimate of drug-likeness (QED) is 0.700. The van der Waals surface area contributed by atoms with Crippen LogP contribution in [0.5, 0.6) is 0 Å². The van der Waals surface area contributed by atoms with Crippen molar-refractivity contribution in [1.82, 2.24) is 4.90 Å². The van der Waals surface area contributed by atoms with Crippen LogP contribution in [-0.4, -0.2) is 54.1 Å². The van der Waals surface area contributed by atoms with Crippen LogP contribution in [0, 0.1) is 0 Å². The predicted octanol–water partition coefficient (Wildman–Crippen LogP) is 0.307. The maximum Gasteiger partial charge on any atom is 0.410 e. The fraction of sp³-hybridized carbons (Fsp3) is 0.800. The van der Waals surface area contributed by atoms with Crippen molar-refractivity contribution in [2.45, 2.75) is 31.6 Å². The highest BCUT2D eigenvalue weighted by molar-refractivity contribution is 7.94. The molecule has 104 valence electrons. The lowest BCUT2D eigenvalue weighted by molar-refractivity contribution is 0.0261. The van der Waals surface area contributed by atoms with Gasteiger partial charge in [-0.3, -0.25) is 0 Å². The second kappa shape index (κ2) is 5.00. The number of carbonyl (C=O) groups is 1. The molecule has 0 spiro atoms. The van der Waals surface area contributed by atoms with E-state index in [2.05, 4.69) is 0 Å². The van der Waals surface area contributed by atoms with Gasteiger partial charge in [-0.15, -0.1) is 0 Å². The van der Waals surface area contributed by atoms with E-state index in [4.69, 9.17) is 22.7 Å². The molecule has 0 aromatic carbocycles. The molecule has 1 fully saturated rings. The largest absolute Gasteiger partial charge is 0.444 e. The van der Waals surface area contributed by atoms with Crippen LogP contribution in [-0.2, 0) is 14.6 Å². The lowest BCUT2D eigenvalue weighted by Gasteiger charge is -2.33. The number of hydrogen-bond donors (Lipinski definition) is 1. The van der Waals surface area contributed by atoms with Gasteiger partial charge in [-0.2, -0.15) is 0 Å². The molecule has 0 radical (unpaired) electrons. The monoisotopic (exact) mass is 294 g/mol. The van der Waals surface area contributed by atoms with E-state index in [1.807, 2.05) is 0 Å². The normalized spacial score (nSPS) is 23.5. The van der Waals surface area contributed by atoms with Gasteiger partial charge in [0.25, 0.3) is 0 Å². The Hall–Kier alpha value is -0.890.